The van der Waals surface area contributed by atoms with Crippen LogP contribution in [0.5, 0.6) is 0 Å². The number of hydrogen-bond acceptors (Lipinski definition) is 3. The first kappa shape index (κ1) is 13.2. The predicted octanol–water partition coefficient (Wildman–Crippen LogP) is 3.60. The van der Waals surface area contributed by atoms with E-state index in [9.17, 15) is 4.79 Å². The van der Waals surface area contributed by atoms with E-state index in [1.807, 2.05) is 35.6 Å². The topological polar surface area (TPSA) is 41.1 Å². The number of aryl methyl sites for hydroxylation is 1. The predicted molar refractivity (Wildman–Crippen MR) is 83.5 cm³/mol. The van der Waals surface area contributed by atoms with Crippen LogP contribution in [0.4, 0.5) is 5.69 Å². The molecular weight excluding hydrogens is 268 g/mol. The maximum Gasteiger partial charge on any atom is 0.251 e. The highest BCUT2D eigenvalue weighted by Crippen LogP contribution is 2.35. The quantitative estimate of drug-likeness (QED) is 0.905. The Balaban J connectivity index is 1.81. The Labute approximate surface area is 123 Å². The minimum Gasteiger partial charge on any atom is -0.378 e. The van der Waals surface area contributed by atoms with Crippen molar-refractivity contribution < 1.29 is 4.79 Å². The second-order valence-corrected chi connectivity index (χ2v) is 6.05. The highest BCUT2D eigenvalue weighted by Gasteiger charge is 2.21. The normalized spacial score (nSPS) is 17.4. The first-order valence-corrected chi connectivity index (χ1v) is 7.81. The van der Waals surface area contributed by atoms with Gasteiger partial charge in [0.1, 0.15) is 0 Å². The van der Waals surface area contributed by atoms with Gasteiger partial charge in [-0.05, 0) is 54.5 Å². The fourth-order valence-corrected chi connectivity index (χ4v) is 3.72. The summed E-state index contributed by atoms with van der Waals surface area (Å²) in [7, 11) is 1.65. The van der Waals surface area contributed by atoms with Crippen LogP contribution in [0, 0.1) is 0 Å². The van der Waals surface area contributed by atoms with Crippen molar-refractivity contribution in [2.24, 2.45) is 0 Å². The monoisotopic (exact) mass is 286 g/mol. The molecule has 0 bridgehead atoms. The molecule has 2 N–H and O–H groups in total. The SMILES string of the molecule is CNC(=O)c1cccc(NC2CCCc3sccc32)c1. The van der Waals surface area contributed by atoms with Gasteiger partial charge in [0.25, 0.3) is 5.91 Å². The Bertz CT molecular complexity index is 620. The molecule has 0 fully saturated rings. The number of nitrogens with one attached hydrogen (secondary N) is 2. The molecule has 0 radical (unpaired) electrons. The Morgan fingerprint density at radius 2 is 2.25 bits per heavy atom. The lowest BCUT2D eigenvalue weighted by Gasteiger charge is -2.25. The molecule has 0 aliphatic heterocycles. The van der Waals surface area contributed by atoms with Crippen LogP contribution >= 0.6 is 11.3 Å². The van der Waals surface area contributed by atoms with Gasteiger partial charge in [0.05, 0.1) is 6.04 Å². The van der Waals surface area contributed by atoms with Crippen molar-refractivity contribution in [1.29, 1.82) is 0 Å². The van der Waals surface area contributed by atoms with Gasteiger partial charge in [0, 0.05) is 23.2 Å². The molecule has 1 heterocycles. The van der Waals surface area contributed by atoms with Gasteiger partial charge in [-0.25, -0.2) is 0 Å². The minimum atomic E-state index is -0.0477. The molecule has 1 aromatic carbocycles. The maximum absolute atomic E-state index is 11.7. The smallest absolute Gasteiger partial charge is 0.251 e. The van der Waals surface area contributed by atoms with Gasteiger partial charge in [0.2, 0.25) is 0 Å². The van der Waals surface area contributed by atoms with Crippen molar-refractivity contribution in [2.75, 3.05) is 12.4 Å². The van der Waals surface area contributed by atoms with Gasteiger partial charge in [0.15, 0.2) is 0 Å². The molecule has 104 valence electrons. The van der Waals surface area contributed by atoms with Crippen molar-refractivity contribution in [1.82, 2.24) is 5.32 Å². The number of fused-ring (bicyclic) bond motifs is 1. The highest BCUT2D eigenvalue weighted by molar-refractivity contribution is 7.10. The summed E-state index contributed by atoms with van der Waals surface area (Å²) in [6, 6.07) is 10.3. The van der Waals surface area contributed by atoms with Crippen molar-refractivity contribution in [3.8, 4) is 0 Å². The fourth-order valence-electron chi connectivity index (χ4n) is 2.73. The first-order chi connectivity index (χ1) is 9.78. The van der Waals surface area contributed by atoms with Crippen molar-refractivity contribution in [3.05, 3.63) is 51.7 Å². The molecule has 1 aliphatic carbocycles. The number of thiophene rings is 1. The lowest BCUT2D eigenvalue weighted by Crippen LogP contribution is -2.19. The van der Waals surface area contributed by atoms with Gasteiger partial charge in [-0.3, -0.25) is 4.79 Å². The van der Waals surface area contributed by atoms with Gasteiger partial charge in [-0.15, -0.1) is 11.3 Å². The number of benzene rings is 1. The molecule has 1 atom stereocenters. The zero-order chi connectivity index (χ0) is 13.9. The molecule has 3 rings (SSSR count). The van der Waals surface area contributed by atoms with E-state index in [1.54, 1.807) is 7.05 Å². The number of rotatable bonds is 3. The van der Waals surface area contributed by atoms with Crippen LogP contribution < -0.4 is 10.6 Å². The summed E-state index contributed by atoms with van der Waals surface area (Å²) in [5.41, 5.74) is 3.13. The number of hydrogen-bond donors (Lipinski definition) is 2. The summed E-state index contributed by atoms with van der Waals surface area (Å²) < 4.78 is 0. The molecule has 1 aromatic heterocycles. The van der Waals surface area contributed by atoms with Crippen LogP contribution in [0.1, 0.15) is 39.7 Å². The highest BCUT2D eigenvalue weighted by atomic mass is 32.1. The second-order valence-electron chi connectivity index (χ2n) is 5.05. The summed E-state index contributed by atoms with van der Waals surface area (Å²) in [6.07, 6.45) is 3.57. The fraction of sp³-hybridized carbons (Fsp3) is 0.312. The molecule has 20 heavy (non-hydrogen) atoms. The van der Waals surface area contributed by atoms with E-state index in [0.29, 0.717) is 11.6 Å². The van der Waals surface area contributed by atoms with Gasteiger partial charge in [-0.1, -0.05) is 6.07 Å². The van der Waals surface area contributed by atoms with Gasteiger partial charge < -0.3 is 10.6 Å². The largest absolute Gasteiger partial charge is 0.378 e. The van der Waals surface area contributed by atoms with E-state index in [1.165, 1.54) is 23.3 Å². The van der Waals surface area contributed by atoms with Crippen LogP contribution in [-0.4, -0.2) is 13.0 Å². The average Bonchev–Trinajstić information content (AvgIpc) is 2.96. The van der Waals surface area contributed by atoms with Gasteiger partial charge in [-0.2, -0.15) is 0 Å². The molecule has 1 aliphatic rings. The number of carbonyl (C=O) groups is 1. The molecule has 0 saturated heterocycles. The number of amides is 1. The molecule has 0 saturated carbocycles. The van der Waals surface area contributed by atoms with Crippen LogP contribution in [0.3, 0.4) is 0 Å². The van der Waals surface area contributed by atoms with Crippen LogP contribution in [0.25, 0.3) is 0 Å². The second kappa shape index (κ2) is 5.67. The van der Waals surface area contributed by atoms with E-state index in [-0.39, 0.29) is 5.91 Å². The van der Waals surface area contributed by atoms with Gasteiger partial charge >= 0.3 is 0 Å². The molecule has 1 unspecified atom stereocenters. The Morgan fingerprint density at radius 1 is 1.35 bits per heavy atom. The van der Waals surface area contributed by atoms with Crippen molar-refractivity contribution >= 4 is 22.9 Å². The standard InChI is InChI=1S/C16H18N2OS/c1-17-16(19)11-4-2-5-12(10-11)18-14-6-3-7-15-13(14)8-9-20-15/h2,4-5,8-10,14,18H,3,6-7H2,1H3,(H,17,19). The number of anilines is 1. The van der Waals surface area contributed by atoms with Crippen LogP contribution in [-0.2, 0) is 6.42 Å². The molecular formula is C16H18N2OS. The third-order valence-electron chi connectivity index (χ3n) is 3.74. The Hall–Kier alpha value is -1.81. The maximum atomic E-state index is 11.7. The third kappa shape index (κ3) is 2.56. The molecule has 1 amide bonds. The van der Waals surface area contributed by atoms with E-state index in [0.717, 1.165) is 12.1 Å². The van der Waals surface area contributed by atoms with E-state index in [4.69, 9.17) is 0 Å². The van der Waals surface area contributed by atoms with Crippen LogP contribution in [0.2, 0.25) is 0 Å². The zero-order valence-electron chi connectivity index (χ0n) is 11.5. The Morgan fingerprint density at radius 3 is 3.10 bits per heavy atom. The van der Waals surface area contributed by atoms with E-state index in [2.05, 4.69) is 22.1 Å². The van der Waals surface area contributed by atoms with Crippen molar-refractivity contribution in [2.45, 2.75) is 25.3 Å². The molecule has 0 spiro atoms. The summed E-state index contributed by atoms with van der Waals surface area (Å²) in [6.45, 7) is 0. The molecule has 2 aromatic rings. The average molecular weight is 286 g/mol. The first-order valence-electron chi connectivity index (χ1n) is 6.93. The zero-order valence-corrected chi connectivity index (χ0v) is 12.3. The summed E-state index contributed by atoms with van der Waals surface area (Å²) in [5.74, 6) is -0.0477. The van der Waals surface area contributed by atoms with E-state index >= 15 is 0 Å². The Kier molecular flexibility index (Phi) is 3.74. The van der Waals surface area contributed by atoms with E-state index < -0.39 is 0 Å². The summed E-state index contributed by atoms with van der Waals surface area (Å²) in [4.78, 5) is 13.2. The lowest BCUT2D eigenvalue weighted by atomic mass is 9.94. The van der Waals surface area contributed by atoms with Crippen molar-refractivity contribution in [3.63, 3.8) is 0 Å². The third-order valence-corrected chi connectivity index (χ3v) is 4.74. The van der Waals surface area contributed by atoms with Crippen LogP contribution in [0.15, 0.2) is 35.7 Å². The number of carbonyl (C=O) groups excluding carboxylic acids is 1. The molecule has 4 heteroatoms. The lowest BCUT2D eigenvalue weighted by molar-refractivity contribution is 0.0963. The minimum absolute atomic E-state index is 0.0477. The molecule has 3 nitrogen and oxygen atoms in total. The summed E-state index contributed by atoms with van der Waals surface area (Å²) >= 11 is 1.85. The summed E-state index contributed by atoms with van der Waals surface area (Å²) in [5, 5.41) is 8.40.